The Morgan fingerprint density at radius 3 is 1.04 bits per heavy atom. The summed E-state index contributed by atoms with van der Waals surface area (Å²) in [5, 5.41) is 0. The lowest BCUT2D eigenvalue weighted by Crippen LogP contribution is -2.22. The van der Waals surface area contributed by atoms with Crippen molar-refractivity contribution >= 4 is 5.91 Å². The van der Waals surface area contributed by atoms with Crippen molar-refractivity contribution in [1.29, 1.82) is 0 Å². The molecule has 0 heterocycles. The molecule has 156 valence electrons. The van der Waals surface area contributed by atoms with Crippen LogP contribution in [0.4, 0.5) is 0 Å². The summed E-state index contributed by atoms with van der Waals surface area (Å²) in [6, 6.07) is 0. The van der Waals surface area contributed by atoms with E-state index in [9.17, 15) is 4.79 Å². The lowest BCUT2D eigenvalue weighted by Gasteiger charge is -2.04. The number of carbonyl (C=O) groups excluding carboxylic acids is 1. The van der Waals surface area contributed by atoms with E-state index in [0.29, 0.717) is 6.42 Å². The van der Waals surface area contributed by atoms with Gasteiger partial charge in [0.1, 0.15) is 0 Å². The fourth-order valence-electron chi connectivity index (χ4n) is 3.53. The van der Waals surface area contributed by atoms with Gasteiger partial charge in [-0.1, -0.05) is 109 Å². The van der Waals surface area contributed by atoms with Gasteiger partial charge in [-0.25, -0.2) is 0 Å². The van der Waals surface area contributed by atoms with Gasteiger partial charge in [0.15, 0.2) is 0 Å². The molecule has 5 N–H and O–H groups in total. The van der Waals surface area contributed by atoms with Crippen LogP contribution in [0.25, 0.3) is 0 Å². The van der Waals surface area contributed by atoms with Crippen LogP contribution in [-0.2, 0) is 4.79 Å². The molecule has 0 bridgehead atoms. The van der Waals surface area contributed by atoms with Gasteiger partial charge in [0.25, 0.3) is 0 Å². The number of hydrogen-bond acceptors (Lipinski definition) is 3. The summed E-state index contributed by atoms with van der Waals surface area (Å²) < 4.78 is 0. The van der Waals surface area contributed by atoms with E-state index in [1.165, 1.54) is 109 Å². The van der Waals surface area contributed by atoms with Crippen molar-refractivity contribution in [3.05, 3.63) is 0 Å². The molecule has 0 aliphatic heterocycles. The molecule has 0 aromatic carbocycles. The van der Waals surface area contributed by atoms with Crippen LogP contribution < -0.4 is 17.0 Å². The first kappa shape index (κ1) is 25.4. The molecule has 0 fully saturated rings. The quantitative estimate of drug-likeness (QED) is 0.129. The van der Waals surface area contributed by atoms with Crippen molar-refractivity contribution in [2.75, 3.05) is 6.54 Å². The summed E-state index contributed by atoms with van der Waals surface area (Å²) in [6.07, 6.45) is 26.1. The zero-order valence-corrected chi connectivity index (χ0v) is 17.4. The molecule has 0 atom stereocenters. The Morgan fingerprint density at radius 2 is 0.769 bits per heavy atom. The van der Waals surface area contributed by atoms with Crippen LogP contribution in [0.2, 0.25) is 0 Å². The van der Waals surface area contributed by atoms with Crippen LogP contribution in [0.1, 0.15) is 128 Å². The third-order valence-electron chi connectivity index (χ3n) is 5.24. The van der Waals surface area contributed by atoms with E-state index in [1.54, 1.807) is 0 Å². The van der Waals surface area contributed by atoms with Crippen molar-refractivity contribution in [3.8, 4) is 0 Å². The zero-order valence-electron chi connectivity index (χ0n) is 17.4. The van der Waals surface area contributed by atoms with E-state index in [1.807, 2.05) is 0 Å². The molecule has 0 aliphatic rings. The van der Waals surface area contributed by atoms with Crippen molar-refractivity contribution in [1.82, 2.24) is 5.43 Å². The second-order valence-corrected chi connectivity index (χ2v) is 7.89. The van der Waals surface area contributed by atoms with Gasteiger partial charge >= 0.3 is 0 Å². The first-order valence-corrected chi connectivity index (χ1v) is 11.5. The normalized spacial score (nSPS) is 11.1. The highest BCUT2D eigenvalue weighted by atomic mass is 16.1. The first-order valence-electron chi connectivity index (χ1n) is 11.5. The van der Waals surface area contributed by atoms with Crippen molar-refractivity contribution in [3.63, 3.8) is 0 Å². The molecule has 0 aliphatic carbocycles. The van der Waals surface area contributed by atoms with Gasteiger partial charge in [0, 0.05) is 13.0 Å². The zero-order chi connectivity index (χ0) is 19.1. The minimum absolute atomic E-state index is 0.156. The maximum Gasteiger partial charge on any atom is 0.217 e. The van der Waals surface area contributed by atoms with Gasteiger partial charge in [0.05, 0.1) is 0 Å². The average Bonchev–Trinajstić information content (AvgIpc) is 2.62. The third-order valence-corrected chi connectivity index (χ3v) is 5.24. The van der Waals surface area contributed by atoms with E-state index in [2.05, 4.69) is 5.43 Å². The van der Waals surface area contributed by atoms with Crippen LogP contribution in [-0.4, -0.2) is 12.5 Å². The Labute approximate surface area is 163 Å². The van der Waals surface area contributed by atoms with E-state index in [-0.39, 0.29) is 5.91 Å². The summed E-state index contributed by atoms with van der Waals surface area (Å²) in [5.41, 5.74) is 7.85. The minimum atomic E-state index is -0.156. The van der Waals surface area contributed by atoms with E-state index in [0.717, 1.165) is 19.4 Å². The topological polar surface area (TPSA) is 81.1 Å². The second-order valence-electron chi connectivity index (χ2n) is 7.89. The van der Waals surface area contributed by atoms with Crippen LogP contribution >= 0.6 is 0 Å². The number of amides is 1. The fourth-order valence-corrected chi connectivity index (χ4v) is 3.53. The molecule has 0 rings (SSSR count). The third kappa shape index (κ3) is 23.4. The Morgan fingerprint density at radius 1 is 0.500 bits per heavy atom. The molecule has 0 unspecified atom stereocenters. The lowest BCUT2D eigenvalue weighted by molar-refractivity contribution is -0.118. The first-order chi connectivity index (χ1) is 12.8. The highest BCUT2D eigenvalue weighted by Gasteiger charge is 1.96. The van der Waals surface area contributed by atoms with E-state index >= 15 is 0 Å². The molecule has 0 radical (unpaired) electrons. The molecule has 4 heteroatoms. The molecular formula is C22H47N3O. The summed E-state index contributed by atoms with van der Waals surface area (Å²) in [4.78, 5) is 10.6. The van der Waals surface area contributed by atoms with Crippen LogP contribution in [0.3, 0.4) is 0 Å². The molecule has 0 aromatic heterocycles. The van der Waals surface area contributed by atoms with Gasteiger partial charge < -0.3 is 5.73 Å². The van der Waals surface area contributed by atoms with Crippen molar-refractivity contribution in [2.45, 2.75) is 128 Å². The number of primary amides is 1. The summed E-state index contributed by atoms with van der Waals surface area (Å²) in [7, 11) is 0. The summed E-state index contributed by atoms with van der Waals surface area (Å²) in [5.74, 6) is 5.10. The van der Waals surface area contributed by atoms with Gasteiger partial charge in [-0.15, -0.1) is 0 Å². The summed E-state index contributed by atoms with van der Waals surface area (Å²) in [6.45, 7) is 0.957. The number of unbranched alkanes of at least 4 members (excludes halogenated alkanes) is 18. The Balaban J connectivity index is 2.98. The van der Waals surface area contributed by atoms with Crippen LogP contribution in [0, 0.1) is 0 Å². The van der Waals surface area contributed by atoms with E-state index in [4.69, 9.17) is 11.6 Å². The summed E-state index contributed by atoms with van der Waals surface area (Å²) >= 11 is 0. The number of carbonyl (C=O) groups is 1. The largest absolute Gasteiger partial charge is 0.370 e. The molecular weight excluding hydrogens is 322 g/mol. The Kier molecular flexibility index (Phi) is 21.9. The van der Waals surface area contributed by atoms with Crippen molar-refractivity contribution in [2.24, 2.45) is 11.6 Å². The molecule has 26 heavy (non-hydrogen) atoms. The number of nitrogens with one attached hydrogen (secondary N) is 1. The SMILES string of the molecule is NNCCCCCCCCCCCCCCCCCCCCCC(N)=O. The predicted molar refractivity (Wildman–Crippen MR) is 114 cm³/mol. The smallest absolute Gasteiger partial charge is 0.217 e. The second kappa shape index (κ2) is 22.4. The molecule has 0 saturated heterocycles. The molecule has 1 amide bonds. The maximum atomic E-state index is 10.6. The number of nitrogens with two attached hydrogens (primary N) is 2. The number of hydrazine groups is 1. The van der Waals surface area contributed by atoms with Crippen LogP contribution in [0.5, 0.6) is 0 Å². The average molecular weight is 370 g/mol. The van der Waals surface area contributed by atoms with Crippen LogP contribution in [0.15, 0.2) is 0 Å². The van der Waals surface area contributed by atoms with Gasteiger partial charge in [-0.05, 0) is 12.8 Å². The maximum absolute atomic E-state index is 10.6. The minimum Gasteiger partial charge on any atom is -0.370 e. The molecule has 4 nitrogen and oxygen atoms in total. The van der Waals surface area contributed by atoms with Crippen molar-refractivity contribution < 1.29 is 4.79 Å². The number of hydrogen-bond donors (Lipinski definition) is 3. The monoisotopic (exact) mass is 369 g/mol. The predicted octanol–water partition coefficient (Wildman–Crippen LogP) is 5.74. The Bertz CT molecular complexity index is 285. The fraction of sp³-hybridized carbons (Fsp3) is 0.955. The molecule has 0 spiro atoms. The molecule has 0 saturated carbocycles. The van der Waals surface area contributed by atoms with Gasteiger partial charge in [-0.2, -0.15) is 0 Å². The highest BCUT2D eigenvalue weighted by molar-refractivity contribution is 5.73. The highest BCUT2D eigenvalue weighted by Crippen LogP contribution is 2.14. The van der Waals surface area contributed by atoms with Gasteiger partial charge in [-0.3, -0.25) is 16.1 Å². The number of rotatable bonds is 22. The lowest BCUT2D eigenvalue weighted by atomic mass is 10.0. The van der Waals surface area contributed by atoms with E-state index < -0.39 is 0 Å². The Hall–Kier alpha value is -0.610. The molecule has 0 aromatic rings. The standard InChI is InChI=1S/C22H47N3O/c23-22(26)20-18-16-14-12-10-8-6-4-2-1-3-5-7-9-11-13-15-17-19-21-25-24/h25H,1-21,24H2,(H2,23,26). The van der Waals surface area contributed by atoms with Gasteiger partial charge in [0.2, 0.25) is 5.91 Å².